The quantitative estimate of drug-likeness (QED) is 0.809. The Balaban J connectivity index is 1.61. The first-order valence-electron chi connectivity index (χ1n) is 9.19. The van der Waals surface area contributed by atoms with Crippen molar-refractivity contribution in [1.82, 2.24) is 24.8 Å². The molecule has 0 bridgehead atoms. The maximum absolute atomic E-state index is 12.6. The van der Waals surface area contributed by atoms with E-state index in [9.17, 15) is 4.79 Å². The van der Waals surface area contributed by atoms with Crippen LogP contribution in [0, 0.1) is 5.92 Å². The highest BCUT2D eigenvalue weighted by atomic mass is 16.2. The van der Waals surface area contributed by atoms with Crippen molar-refractivity contribution in [2.45, 2.75) is 33.2 Å². The Kier molecular flexibility index (Phi) is 5.81. The second-order valence-corrected chi connectivity index (χ2v) is 6.57. The summed E-state index contributed by atoms with van der Waals surface area (Å²) in [4.78, 5) is 16.9. The fraction of sp³-hybridized carbons (Fsp3) is 0.526. The lowest BCUT2D eigenvalue weighted by Gasteiger charge is -2.34. The van der Waals surface area contributed by atoms with Crippen LogP contribution in [0.25, 0.3) is 5.69 Å². The predicted molar refractivity (Wildman–Crippen MR) is 97.3 cm³/mol. The van der Waals surface area contributed by atoms with Gasteiger partial charge in [0.15, 0.2) is 0 Å². The number of carbonyl (C=O) groups excluding carboxylic acids is 1. The number of amides is 1. The van der Waals surface area contributed by atoms with Gasteiger partial charge in [0.05, 0.1) is 23.5 Å². The molecule has 0 unspecified atom stereocenters. The highest BCUT2D eigenvalue weighted by Gasteiger charge is 2.28. The average molecular weight is 341 g/mol. The van der Waals surface area contributed by atoms with Crippen LogP contribution in [0.15, 0.2) is 36.5 Å². The molecule has 0 saturated carbocycles. The van der Waals surface area contributed by atoms with E-state index >= 15 is 0 Å². The summed E-state index contributed by atoms with van der Waals surface area (Å²) in [6.45, 7) is 8.24. The molecule has 2 heterocycles. The number of piperidine rings is 1. The van der Waals surface area contributed by atoms with Gasteiger partial charge in [-0.2, -0.15) is 0 Å². The van der Waals surface area contributed by atoms with Crippen LogP contribution < -0.4 is 0 Å². The van der Waals surface area contributed by atoms with E-state index in [1.54, 1.807) is 4.68 Å². The molecule has 0 N–H and O–H groups in total. The summed E-state index contributed by atoms with van der Waals surface area (Å²) < 4.78 is 1.80. The number of carbonyl (C=O) groups is 1. The number of aromatic nitrogens is 3. The van der Waals surface area contributed by atoms with Crippen molar-refractivity contribution in [3.05, 3.63) is 42.2 Å². The molecular formula is C19H27N5O. The van der Waals surface area contributed by atoms with Crippen LogP contribution >= 0.6 is 0 Å². The van der Waals surface area contributed by atoms with Gasteiger partial charge in [0.25, 0.3) is 0 Å². The summed E-state index contributed by atoms with van der Waals surface area (Å²) in [7, 11) is 0. The smallest absolute Gasteiger partial charge is 0.226 e. The van der Waals surface area contributed by atoms with Gasteiger partial charge in [0.1, 0.15) is 0 Å². The largest absolute Gasteiger partial charge is 0.343 e. The normalized spacial score (nSPS) is 18.2. The van der Waals surface area contributed by atoms with Gasteiger partial charge in [0, 0.05) is 26.2 Å². The zero-order valence-corrected chi connectivity index (χ0v) is 15.1. The summed E-state index contributed by atoms with van der Waals surface area (Å²) in [6, 6.07) is 9.99. The molecule has 6 nitrogen and oxygen atoms in total. The van der Waals surface area contributed by atoms with Crippen molar-refractivity contribution in [3.63, 3.8) is 0 Å². The van der Waals surface area contributed by atoms with Crippen LogP contribution in [0.4, 0.5) is 0 Å². The van der Waals surface area contributed by atoms with E-state index in [-0.39, 0.29) is 5.92 Å². The number of rotatable bonds is 6. The maximum Gasteiger partial charge on any atom is 0.226 e. The molecule has 25 heavy (non-hydrogen) atoms. The fourth-order valence-corrected chi connectivity index (χ4v) is 3.50. The number of hydrogen-bond donors (Lipinski definition) is 0. The molecule has 3 rings (SSSR count). The van der Waals surface area contributed by atoms with Gasteiger partial charge >= 0.3 is 0 Å². The van der Waals surface area contributed by atoms with Crippen LogP contribution in [-0.4, -0.2) is 56.9 Å². The lowest BCUT2D eigenvalue weighted by molar-refractivity contribution is -0.137. The maximum atomic E-state index is 12.6. The van der Waals surface area contributed by atoms with Crippen molar-refractivity contribution in [2.24, 2.45) is 5.92 Å². The SMILES string of the molecule is CCN(CC)C(=O)[C@H]1CCCN(Cc2cn(-c3ccccc3)nn2)C1. The second kappa shape index (κ2) is 8.25. The van der Waals surface area contributed by atoms with Crippen molar-refractivity contribution >= 4 is 5.91 Å². The molecule has 1 saturated heterocycles. The highest BCUT2D eigenvalue weighted by Crippen LogP contribution is 2.20. The summed E-state index contributed by atoms with van der Waals surface area (Å²) in [5.74, 6) is 0.403. The molecule has 1 aliphatic rings. The molecule has 1 aromatic carbocycles. The van der Waals surface area contributed by atoms with Gasteiger partial charge in [-0.15, -0.1) is 5.10 Å². The van der Waals surface area contributed by atoms with E-state index in [2.05, 4.69) is 15.2 Å². The molecule has 1 amide bonds. The van der Waals surface area contributed by atoms with Crippen molar-refractivity contribution < 1.29 is 4.79 Å². The van der Waals surface area contributed by atoms with Gasteiger partial charge in [-0.05, 0) is 45.4 Å². The van der Waals surface area contributed by atoms with Gasteiger partial charge in [-0.3, -0.25) is 9.69 Å². The Bertz CT molecular complexity index is 680. The lowest BCUT2D eigenvalue weighted by Crippen LogP contribution is -2.44. The minimum atomic E-state index is 0.109. The Morgan fingerprint density at radius 3 is 2.72 bits per heavy atom. The van der Waals surface area contributed by atoms with Crippen LogP contribution in [0.1, 0.15) is 32.4 Å². The summed E-state index contributed by atoms with van der Waals surface area (Å²) in [6.07, 6.45) is 4.03. The first-order valence-corrected chi connectivity index (χ1v) is 9.19. The standard InChI is InChI=1S/C19H27N5O/c1-3-23(4-2)19(25)16-9-8-12-22(13-16)14-17-15-24(21-20-17)18-10-6-5-7-11-18/h5-7,10-11,15-16H,3-4,8-9,12-14H2,1-2H3/t16-/m0/s1. The van der Waals surface area contributed by atoms with Crippen LogP contribution in [-0.2, 0) is 11.3 Å². The number of para-hydroxylation sites is 1. The molecule has 0 radical (unpaired) electrons. The van der Waals surface area contributed by atoms with Gasteiger partial charge in [-0.25, -0.2) is 4.68 Å². The molecule has 0 spiro atoms. The van der Waals surface area contributed by atoms with E-state index in [0.29, 0.717) is 5.91 Å². The fourth-order valence-electron chi connectivity index (χ4n) is 3.50. The summed E-state index contributed by atoms with van der Waals surface area (Å²) in [5, 5.41) is 8.53. The molecule has 1 atom stereocenters. The molecule has 6 heteroatoms. The van der Waals surface area contributed by atoms with Crippen molar-refractivity contribution in [2.75, 3.05) is 26.2 Å². The van der Waals surface area contributed by atoms with E-state index in [0.717, 1.165) is 56.9 Å². The summed E-state index contributed by atoms with van der Waals surface area (Å²) >= 11 is 0. The number of hydrogen-bond acceptors (Lipinski definition) is 4. The highest BCUT2D eigenvalue weighted by molar-refractivity contribution is 5.79. The topological polar surface area (TPSA) is 54.3 Å². The van der Waals surface area contributed by atoms with Crippen molar-refractivity contribution in [3.8, 4) is 5.69 Å². The van der Waals surface area contributed by atoms with Crippen LogP contribution in [0.2, 0.25) is 0 Å². The van der Waals surface area contributed by atoms with E-state index in [4.69, 9.17) is 0 Å². The molecular weight excluding hydrogens is 314 g/mol. The first kappa shape index (κ1) is 17.6. The first-order chi connectivity index (χ1) is 12.2. The van der Waals surface area contributed by atoms with Gasteiger partial charge in [-0.1, -0.05) is 23.4 Å². The van der Waals surface area contributed by atoms with E-state index < -0.39 is 0 Å². The van der Waals surface area contributed by atoms with Gasteiger partial charge in [0.2, 0.25) is 5.91 Å². The Morgan fingerprint density at radius 2 is 2.00 bits per heavy atom. The summed E-state index contributed by atoms with van der Waals surface area (Å²) in [5.41, 5.74) is 1.95. The molecule has 134 valence electrons. The molecule has 1 aromatic heterocycles. The van der Waals surface area contributed by atoms with E-state index in [1.807, 2.05) is 55.3 Å². The van der Waals surface area contributed by atoms with Gasteiger partial charge < -0.3 is 4.90 Å². The number of likely N-dealkylation sites (tertiary alicyclic amines) is 1. The Labute approximate surface area is 149 Å². The van der Waals surface area contributed by atoms with E-state index in [1.165, 1.54) is 0 Å². The molecule has 0 aliphatic carbocycles. The lowest BCUT2D eigenvalue weighted by atomic mass is 9.96. The molecule has 1 fully saturated rings. The molecule has 1 aliphatic heterocycles. The third-order valence-electron chi connectivity index (χ3n) is 4.88. The zero-order chi connectivity index (χ0) is 17.6. The zero-order valence-electron chi connectivity index (χ0n) is 15.1. The van der Waals surface area contributed by atoms with Crippen LogP contribution in [0.3, 0.4) is 0 Å². The Hall–Kier alpha value is -2.21. The Morgan fingerprint density at radius 1 is 1.24 bits per heavy atom. The van der Waals surface area contributed by atoms with Crippen molar-refractivity contribution in [1.29, 1.82) is 0 Å². The van der Waals surface area contributed by atoms with Crippen LogP contribution in [0.5, 0.6) is 0 Å². The third kappa shape index (κ3) is 4.25. The predicted octanol–water partition coefficient (Wildman–Crippen LogP) is 2.35. The monoisotopic (exact) mass is 341 g/mol. The third-order valence-corrected chi connectivity index (χ3v) is 4.88. The number of nitrogens with zero attached hydrogens (tertiary/aromatic N) is 5. The minimum Gasteiger partial charge on any atom is -0.343 e. The minimum absolute atomic E-state index is 0.109. The second-order valence-electron chi connectivity index (χ2n) is 6.57. The number of benzene rings is 1. The average Bonchev–Trinajstić information content (AvgIpc) is 3.12. The molecule has 2 aromatic rings.